The molecule has 206 valence electrons. The van der Waals surface area contributed by atoms with Crippen LogP contribution in [0, 0.1) is 0 Å². The first-order chi connectivity index (χ1) is 19.0. The smallest absolute Gasteiger partial charge is 0.197 e. The van der Waals surface area contributed by atoms with Gasteiger partial charge in [0, 0.05) is 32.6 Å². The molecule has 4 heteroatoms. The molecule has 0 atom stereocenters. The highest BCUT2D eigenvalue weighted by Gasteiger charge is 2.28. The second kappa shape index (κ2) is 8.55. The van der Waals surface area contributed by atoms with Crippen molar-refractivity contribution in [2.45, 2.75) is 104 Å². The number of rotatable bonds is 0. The number of aromatic nitrogens is 2. The molecule has 0 amide bonds. The maximum atomic E-state index is 14.3. The number of benzene rings is 3. The maximum Gasteiger partial charge on any atom is 0.197 e. The fourth-order valence-electron chi connectivity index (χ4n) is 7.73. The Morgan fingerprint density at radius 2 is 0.900 bits per heavy atom. The van der Waals surface area contributed by atoms with Gasteiger partial charge in [0.1, 0.15) is 0 Å². The number of aryl methyl sites for hydroxylation is 4. The summed E-state index contributed by atoms with van der Waals surface area (Å²) in [5.74, 6) is 0. The van der Waals surface area contributed by atoms with Crippen LogP contribution < -0.4 is 10.9 Å². The molecule has 40 heavy (non-hydrogen) atoms. The van der Waals surface area contributed by atoms with E-state index in [9.17, 15) is 9.59 Å². The van der Waals surface area contributed by atoms with Crippen LogP contribution in [0.4, 0.5) is 0 Å². The summed E-state index contributed by atoms with van der Waals surface area (Å²) in [7, 11) is 0. The third kappa shape index (κ3) is 3.57. The van der Waals surface area contributed by atoms with E-state index in [1.807, 2.05) is 12.1 Å². The molecule has 2 heterocycles. The Balaban J connectivity index is 1.75. The van der Waals surface area contributed by atoms with Crippen LogP contribution in [-0.4, -0.2) is 9.13 Å². The number of nitrogens with zero attached hydrogens (tertiary/aromatic N) is 2. The topological polar surface area (TPSA) is 44.0 Å². The summed E-state index contributed by atoms with van der Waals surface area (Å²) in [6, 6.07) is 12.6. The molecule has 7 rings (SSSR count). The van der Waals surface area contributed by atoms with Crippen molar-refractivity contribution in [1.82, 2.24) is 9.13 Å². The SMILES string of the molecule is CC(C)(C)n1c2cc3c(=O)c4ccc5c(c4n(C(C)(C)C)c3cc2c(=O)c2ccc3c(c21)CCCC3)CCCC5. The molecule has 0 saturated carbocycles. The third-order valence-electron chi connectivity index (χ3n) is 9.37. The van der Waals surface area contributed by atoms with Gasteiger partial charge in [0.25, 0.3) is 0 Å². The van der Waals surface area contributed by atoms with Gasteiger partial charge in [-0.05, 0) is 139 Å². The second-order valence-electron chi connectivity index (χ2n) is 14.2. The number of fused-ring (bicyclic) bond motifs is 8. The fraction of sp³-hybridized carbons (Fsp3) is 0.444. The van der Waals surface area contributed by atoms with E-state index in [-0.39, 0.29) is 21.9 Å². The summed E-state index contributed by atoms with van der Waals surface area (Å²) in [4.78, 5) is 28.7. The summed E-state index contributed by atoms with van der Waals surface area (Å²) >= 11 is 0. The summed E-state index contributed by atoms with van der Waals surface area (Å²) < 4.78 is 4.72. The molecule has 0 fully saturated rings. The van der Waals surface area contributed by atoms with Gasteiger partial charge in [-0.15, -0.1) is 0 Å². The summed E-state index contributed by atoms with van der Waals surface area (Å²) in [6.07, 6.45) is 8.79. The predicted molar refractivity (Wildman–Crippen MR) is 168 cm³/mol. The lowest BCUT2D eigenvalue weighted by atomic mass is 9.87. The van der Waals surface area contributed by atoms with Gasteiger partial charge in [-0.2, -0.15) is 0 Å². The highest BCUT2D eigenvalue weighted by atomic mass is 16.1. The Hall–Kier alpha value is -3.40. The second-order valence-corrected chi connectivity index (χ2v) is 14.2. The van der Waals surface area contributed by atoms with Crippen LogP contribution in [0.15, 0.2) is 46.0 Å². The van der Waals surface area contributed by atoms with Gasteiger partial charge in [-0.3, -0.25) is 9.59 Å². The highest BCUT2D eigenvalue weighted by molar-refractivity contribution is 6.05. The van der Waals surface area contributed by atoms with E-state index in [4.69, 9.17) is 0 Å². The van der Waals surface area contributed by atoms with Crippen LogP contribution in [0.25, 0.3) is 43.6 Å². The summed E-state index contributed by atoms with van der Waals surface area (Å²) in [5.41, 5.74) is 8.81. The zero-order valence-electron chi connectivity index (χ0n) is 24.8. The molecule has 4 nitrogen and oxygen atoms in total. The average molecular weight is 533 g/mol. The number of pyridine rings is 2. The minimum atomic E-state index is -0.274. The molecule has 3 aromatic carbocycles. The molecule has 0 aliphatic heterocycles. The fourth-order valence-corrected chi connectivity index (χ4v) is 7.73. The van der Waals surface area contributed by atoms with Crippen LogP contribution in [0.5, 0.6) is 0 Å². The van der Waals surface area contributed by atoms with Crippen molar-refractivity contribution in [3.05, 3.63) is 79.1 Å². The molecular formula is C36H40N2O2. The first-order valence-electron chi connectivity index (χ1n) is 15.1. The Kier molecular flexibility index (Phi) is 5.46. The van der Waals surface area contributed by atoms with Crippen molar-refractivity contribution in [2.24, 2.45) is 0 Å². The Morgan fingerprint density at radius 1 is 0.525 bits per heavy atom. The molecular weight excluding hydrogens is 492 g/mol. The lowest BCUT2D eigenvalue weighted by Crippen LogP contribution is -2.29. The molecule has 0 saturated heterocycles. The lowest BCUT2D eigenvalue weighted by Gasteiger charge is -2.33. The van der Waals surface area contributed by atoms with Crippen molar-refractivity contribution in [3.63, 3.8) is 0 Å². The average Bonchev–Trinajstić information content (AvgIpc) is 2.91. The van der Waals surface area contributed by atoms with Crippen molar-refractivity contribution in [2.75, 3.05) is 0 Å². The van der Waals surface area contributed by atoms with Crippen LogP contribution in [0.2, 0.25) is 0 Å². The minimum Gasteiger partial charge on any atom is -0.335 e. The van der Waals surface area contributed by atoms with E-state index in [0.29, 0.717) is 10.8 Å². The number of hydrogen-bond donors (Lipinski definition) is 0. The Bertz CT molecular complexity index is 1860. The van der Waals surface area contributed by atoms with Gasteiger partial charge in [-0.25, -0.2) is 0 Å². The van der Waals surface area contributed by atoms with Crippen molar-refractivity contribution >= 4 is 43.6 Å². The van der Waals surface area contributed by atoms with Crippen LogP contribution in [0.3, 0.4) is 0 Å². The van der Waals surface area contributed by atoms with Crippen molar-refractivity contribution in [3.8, 4) is 0 Å². The third-order valence-corrected chi connectivity index (χ3v) is 9.37. The maximum absolute atomic E-state index is 14.3. The summed E-state index contributed by atoms with van der Waals surface area (Å²) in [5, 5.41) is 3.00. The zero-order chi connectivity index (χ0) is 28.1. The summed E-state index contributed by atoms with van der Waals surface area (Å²) in [6.45, 7) is 13.3. The van der Waals surface area contributed by atoms with Gasteiger partial charge in [0.05, 0.1) is 22.1 Å². The Morgan fingerprint density at radius 3 is 1.27 bits per heavy atom. The van der Waals surface area contributed by atoms with Crippen LogP contribution >= 0.6 is 0 Å². The van der Waals surface area contributed by atoms with E-state index in [1.54, 1.807) is 0 Å². The lowest BCUT2D eigenvalue weighted by molar-refractivity contribution is 0.418. The molecule has 0 bridgehead atoms. The van der Waals surface area contributed by atoms with Crippen molar-refractivity contribution in [1.29, 1.82) is 0 Å². The quantitative estimate of drug-likeness (QED) is 0.190. The minimum absolute atomic E-state index is 0.0730. The molecule has 0 radical (unpaired) electrons. The highest BCUT2D eigenvalue weighted by Crippen LogP contribution is 2.38. The van der Waals surface area contributed by atoms with Crippen LogP contribution in [0.1, 0.15) is 89.5 Å². The largest absolute Gasteiger partial charge is 0.335 e. The molecule has 2 aliphatic carbocycles. The van der Waals surface area contributed by atoms with E-state index in [0.717, 1.165) is 71.4 Å². The number of hydrogen-bond acceptors (Lipinski definition) is 2. The molecule has 0 unspecified atom stereocenters. The monoisotopic (exact) mass is 532 g/mol. The normalized spacial score (nSPS) is 16.1. The predicted octanol–water partition coefficient (Wildman–Crippen LogP) is 7.89. The van der Waals surface area contributed by atoms with E-state index < -0.39 is 0 Å². The zero-order valence-corrected chi connectivity index (χ0v) is 24.8. The molecule has 0 spiro atoms. The molecule has 5 aromatic rings. The molecule has 0 N–H and O–H groups in total. The van der Waals surface area contributed by atoms with Gasteiger partial charge in [-0.1, -0.05) is 12.1 Å². The standard InChI is InChI=1S/C36H40N2O2/c1-35(2,3)37-29-19-28-30(20-27(29)33(39)25-17-15-21-11-7-9-13-23(21)31(25)37)38(36(4,5)6)32-24-14-10-8-12-22(24)16-18-26(32)34(28)40/h15-20H,7-14H2,1-6H3. The molecule has 2 aromatic heterocycles. The van der Waals surface area contributed by atoms with Crippen LogP contribution in [-0.2, 0) is 36.8 Å². The van der Waals surface area contributed by atoms with E-state index >= 15 is 0 Å². The van der Waals surface area contributed by atoms with Gasteiger partial charge in [0.15, 0.2) is 10.9 Å². The van der Waals surface area contributed by atoms with Crippen molar-refractivity contribution < 1.29 is 0 Å². The first kappa shape index (κ1) is 25.6. The van der Waals surface area contributed by atoms with Gasteiger partial charge < -0.3 is 9.13 Å². The van der Waals surface area contributed by atoms with Gasteiger partial charge >= 0.3 is 0 Å². The van der Waals surface area contributed by atoms with Gasteiger partial charge in [0.2, 0.25) is 0 Å². The van der Waals surface area contributed by atoms with E-state index in [2.05, 4.69) is 74.9 Å². The molecule has 2 aliphatic rings. The Labute approximate surface area is 235 Å². The van der Waals surface area contributed by atoms with E-state index in [1.165, 1.54) is 35.1 Å². The first-order valence-corrected chi connectivity index (χ1v) is 15.1.